The molecule has 0 aliphatic heterocycles. The van der Waals surface area contributed by atoms with E-state index in [0.29, 0.717) is 19.0 Å². The molecular weight excluding hydrogens is 204 g/mol. The summed E-state index contributed by atoms with van der Waals surface area (Å²) in [4.78, 5) is 11.7. The second kappa shape index (κ2) is 6.86. The van der Waals surface area contributed by atoms with E-state index < -0.39 is 0 Å². The molecule has 3 atom stereocenters. The van der Waals surface area contributed by atoms with Gasteiger partial charge in [0.1, 0.15) is 0 Å². The van der Waals surface area contributed by atoms with Gasteiger partial charge in [0.2, 0.25) is 5.91 Å². The van der Waals surface area contributed by atoms with Crippen LogP contribution in [0.25, 0.3) is 0 Å². The molecule has 0 aromatic rings. The molecule has 1 rings (SSSR count). The van der Waals surface area contributed by atoms with E-state index in [-0.39, 0.29) is 12.0 Å². The summed E-state index contributed by atoms with van der Waals surface area (Å²) in [7, 11) is 1.59. The summed E-state index contributed by atoms with van der Waals surface area (Å²) >= 11 is 0. The smallest absolute Gasteiger partial charge is 0.222 e. The predicted molar refractivity (Wildman–Crippen MR) is 64.0 cm³/mol. The Labute approximate surface area is 97.9 Å². The van der Waals surface area contributed by atoms with Crippen LogP contribution in [0.15, 0.2) is 0 Å². The van der Waals surface area contributed by atoms with Crippen molar-refractivity contribution in [1.29, 1.82) is 0 Å². The van der Waals surface area contributed by atoms with E-state index in [9.17, 15) is 4.79 Å². The first kappa shape index (κ1) is 13.5. The van der Waals surface area contributed by atoms with Gasteiger partial charge in [-0.15, -0.1) is 0 Å². The van der Waals surface area contributed by atoms with Crippen molar-refractivity contribution < 1.29 is 9.53 Å². The van der Waals surface area contributed by atoms with Crippen molar-refractivity contribution in [2.45, 2.75) is 51.2 Å². The molecule has 1 saturated carbocycles. The number of carbonyl (C=O) groups excluding carboxylic acids is 1. The zero-order chi connectivity index (χ0) is 12.0. The first-order valence-corrected chi connectivity index (χ1v) is 6.18. The van der Waals surface area contributed by atoms with Gasteiger partial charge in [-0.05, 0) is 18.8 Å². The molecule has 1 aliphatic rings. The molecule has 1 fully saturated rings. The fourth-order valence-corrected chi connectivity index (χ4v) is 2.32. The summed E-state index contributed by atoms with van der Waals surface area (Å²) in [6, 6.07) is 0.353. The van der Waals surface area contributed by atoms with Crippen LogP contribution < -0.4 is 11.1 Å². The minimum absolute atomic E-state index is 0.0661. The summed E-state index contributed by atoms with van der Waals surface area (Å²) in [5, 5.41) is 3.07. The minimum atomic E-state index is -0.152. The van der Waals surface area contributed by atoms with E-state index in [4.69, 9.17) is 10.5 Å². The number of ether oxygens (including phenoxy) is 1. The molecule has 0 radical (unpaired) electrons. The molecule has 1 aliphatic carbocycles. The van der Waals surface area contributed by atoms with Crippen LogP contribution in [0.5, 0.6) is 0 Å². The molecule has 0 heterocycles. The van der Waals surface area contributed by atoms with Crippen molar-refractivity contribution in [1.82, 2.24) is 5.32 Å². The zero-order valence-electron chi connectivity index (χ0n) is 10.4. The molecule has 3 unspecified atom stereocenters. The lowest BCUT2D eigenvalue weighted by Crippen LogP contribution is -2.40. The Kier molecular flexibility index (Phi) is 5.77. The average molecular weight is 228 g/mol. The van der Waals surface area contributed by atoms with Crippen LogP contribution in [0.3, 0.4) is 0 Å². The number of methoxy groups -OCH3 is 1. The first-order chi connectivity index (χ1) is 7.65. The maximum absolute atomic E-state index is 11.7. The molecule has 4 nitrogen and oxygen atoms in total. The van der Waals surface area contributed by atoms with E-state index in [2.05, 4.69) is 12.2 Å². The van der Waals surface area contributed by atoms with Crippen molar-refractivity contribution in [3.8, 4) is 0 Å². The molecule has 0 saturated heterocycles. The molecule has 94 valence electrons. The quantitative estimate of drug-likeness (QED) is 0.739. The largest absolute Gasteiger partial charge is 0.380 e. The van der Waals surface area contributed by atoms with Crippen LogP contribution in [0.4, 0.5) is 0 Å². The number of hydrogen-bond acceptors (Lipinski definition) is 3. The molecule has 0 aromatic carbocycles. The van der Waals surface area contributed by atoms with Gasteiger partial charge in [-0.25, -0.2) is 0 Å². The van der Waals surface area contributed by atoms with E-state index >= 15 is 0 Å². The van der Waals surface area contributed by atoms with Crippen LogP contribution in [0.1, 0.15) is 39.0 Å². The summed E-state index contributed by atoms with van der Waals surface area (Å²) in [5.74, 6) is 0.795. The highest BCUT2D eigenvalue weighted by Crippen LogP contribution is 2.23. The van der Waals surface area contributed by atoms with Crippen molar-refractivity contribution >= 4 is 5.91 Å². The summed E-state index contributed by atoms with van der Waals surface area (Å²) in [6.45, 7) is 2.64. The van der Waals surface area contributed by atoms with Crippen LogP contribution in [0.2, 0.25) is 0 Å². The normalized spacial score (nSPS) is 27.4. The molecule has 3 N–H and O–H groups in total. The van der Waals surface area contributed by atoms with Gasteiger partial charge in [-0.1, -0.05) is 19.8 Å². The van der Waals surface area contributed by atoms with E-state index in [1.54, 1.807) is 7.11 Å². The van der Waals surface area contributed by atoms with Gasteiger partial charge in [0.05, 0.1) is 12.5 Å². The van der Waals surface area contributed by atoms with Crippen molar-refractivity contribution in [2.75, 3.05) is 13.7 Å². The number of hydrogen-bond donors (Lipinski definition) is 2. The highest BCUT2D eigenvalue weighted by molar-refractivity contribution is 5.76. The number of rotatable bonds is 5. The fraction of sp³-hybridized carbons (Fsp3) is 0.917. The predicted octanol–water partition coefficient (Wildman–Crippen LogP) is 1.05. The lowest BCUT2D eigenvalue weighted by molar-refractivity contribution is -0.124. The van der Waals surface area contributed by atoms with Crippen LogP contribution in [-0.4, -0.2) is 31.7 Å². The first-order valence-electron chi connectivity index (χ1n) is 6.18. The molecule has 16 heavy (non-hydrogen) atoms. The second-order valence-electron chi connectivity index (χ2n) is 4.83. The van der Waals surface area contributed by atoms with Crippen LogP contribution in [0, 0.1) is 5.92 Å². The molecule has 0 bridgehead atoms. The Hall–Kier alpha value is -0.610. The number of nitrogens with one attached hydrogen (secondary N) is 1. The molecule has 1 amide bonds. The van der Waals surface area contributed by atoms with Crippen LogP contribution in [-0.2, 0) is 9.53 Å². The number of amides is 1. The minimum Gasteiger partial charge on any atom is -0.380 e. The SMILES string of the molecule is COC(CN)CC(=O)NC1CCCC(C)C1. The van der Waals surface area contributed by atoms with Crippen molar-refractivity contribution in [3.05, 3.63) is 0 Å². The van der Waals surface area contributed by atoms with E-state index in [0.717, 1.165) is 18.8 Å². The van der Waals surface area contributed by atoms with E-state index in [1.807, 2.05) is 0 Å². The van der Waals surface area contributed by atoms with Gasteiger partial charge < -0.3 is 15.8 Å². The maximum atomic E-state index is 11.7. The second-order valence-corrected chi connectivity index (χ2v) is 4.83. The highest BCUT2D eigenvalue weighted by atomic mass is 16.5. The lowest BCUT2D eigenvalue weighted by Gasteiger charge is -2.27. The maximum Gasteiger partial charge on any atom is 0.222 e. The number of carbonyl (C=O) groups is 1. The van der Waals surface area contributed by atoms with Gasteiger partial charge >= 0.3 is 0 Å². The Morgan fingerprint density at radius 3 is 2.88 bits per heavy atom. The summed E-state index contributed by atoms with van der Waals surface area (Å²) < 4.78 is 5.09. The Bertz CT molecular complexity index is 217. The van der Waals surface area contributed by atoms with Gasteiger partial charge in [0.15, 0.2) is 0 Å². The van der Waals surface area contributed by atoms with Crippen LogP contribution >= 0.6 is 0 Å². The average Bonchev–Trinajstić information content (AvgIpc) is 2.26. The molecule has 0 aromatic heterocycles. The van der Waals surface area contributed by atoms with Gasteiger partial charge in [0.25, 0.3) is 0 Å². The zero-order valence-corrected chi connectivity index (χ0v) is 10.4. The van der Waals surface area contributed by atoms with Gasteiger partial charge in [0, 0.05) is 19.7 Å². The summed E-state index contributed by atoms with van der Waals surface area (Å²) in [6.07, 6.45) is 4.94. The fourth-order valence-electron chi connectivity index (χ4n) is 2.32. The van der Waals surface area contributed by atoms with Crippen molar-refractivity contribution in [2.24, 2.45) is 11.7 Å². The summed E-state index contributed by atoms with van der Waals surface area (Å²) in [5.41, 5.74) is 5.48. The van der Waals surface area contributed by atoms with Gasteiger partial charge in [-0.2, -0.15) is 0 Å². The third-order valence-electron chi connectivity index (χ3n) is 3.31. The third-order valence-corrected chi connectivity index (χ3v) is 3.31. The monoisotopic (exact) mass is 228 g/mol. The van der Waals surface area contributed by atoms with E-state index in [1.165, 1.54) is 12.8 Å². The van der Waals surface area contributed by atoms with Gasteiger partial charge in [-0.3, -0.25) is 4.79 Å². The standard InChI is InChI=1S/C12H24N2O2/c1-9-4-3-5-10(6-9)14-12(15)7-11(8-13)16-2/h9-11H,3-8,13H2,1-2H3,(H,14,15). The third kappa shape index (κ3) is 4.49. The Balaban J connectivity index is 2.27. The number of nitrogens with two attached hydrogens (primary N) is 1. The topological polar surface area (TPSA) is 64.3 Å². The molecular formula is C12H24N2O2. The van der Waals surface area contributed by atoms with Crippen molar-refractivity contribution in [3.63, 3.8) is 0 Å². The highest BCUT2D eigenvalue weighted by Gasteiger charge is 2.21. The molecule has 4 heteroatoms. The Morgan fingerprint density at radius 2 is 2.31 bits per heavy atom. The molecule has 0 spiro atoms. The lowest BCUT2D eigenvalue weighted by atomic mass is 9.87. The Morgan fingerprint density at radius 1 is 1.56 bits per heavy atom.